The molecule has 0 radical (unpaired) electrons. The summed E-state index contributed by atoms with van der Waals surface area (Å²) >= 11 is 0. The Labute approximate surface area is 131 Å². The maximum Gasteiger partial charge on any atom is 0.227 e. The summed E-state index contributed by atoms with van der Waals surface area (Å²) < 4.78 is 4.95. The minimum atomic E-state index is -0.269. The molecule has 0 bridgehead atoms. The van der Waals surface area contributed by atoms with Crippen LogP contribution in [0.15, 0.2) is 18.2 Å². The highest BCUT2D eigenvalue weighted by Crippen LogP contribution is 2.29. The monoisotopic (exact) mass is 304 g/mol. The van der Waals surface area contributed by atoms with Gasteiger partial charge in [-0.15, -0.1) is 0 Å². The number of carbonyl (C=O) groups excluding carboxylic acids is 2. The Morgan fingerprint density at radius 2 is 2.18 bits per heavy atom. The van der Waals surface area contributed by atoms with E-state index in [9.17, 15) is 9.59 Å². The van der Waals surface area contributed by atoms with Gasteiger partial charge in [-0.05, 0) is 37.5 Å². The molecule has 22 heavy (non-hydrogen) atoms. The van der Waals surface area contributed by atoms with Crippen LogP contribution in [0.5, 0.6) is 0 Å². The Bertz CT molecular complexity index is 557. The fourth-order valence-electron chi connectivity index (χ4n) is 2.72. The molecule has 1 aliphatic heterocycles. The average Bonchev–Trinajstić information content (AvgIpc) is 2.88. The van der Waals surface area contributed by atoms with E-state index in [1.54, 1.807) is 12.0 Å². The lowest BCUT2D eigenvalue weighted by Gasteiger charge is -2.20. The van der Waals surface area contributed by atoms with Gasteiger partial charge >= 0.3 is 0 Å². The van der Waals surface area contributed by atoms with Crippen LogP contribution in [0.3, 0.4) is 0 Å². The predicted octanol–water partition coefficient (Wildman–Crippen LogP) is 1.81. The standard InChI is InChI=1S/C17H24N2O3/c1-12-6-4-7-15(13(12)2)19-11-14(10-16(19)20)17(21)18-8-5-9-22-3/h4,6-7,14H,5,8-11H2,1-3H3,(H,18,21)/t14-/m0/s1. The number of benzene rings is 1. The number of hydrogen-bond acceptors (Lipinski definition) is 3. The summed E-state index contributed by atoms with van der Waals surface area (Å²) in [4.78, 5) is 26.1. The molecule has 0 unspecified atom stereocenters. The minimum Gasteiger partial charge on any atom is -0.385 e. The van der Waals surface area contributed by atoms with Crippen molar-refractivity contribution in [2.45, 2.75) is 26.7 Å². The number of hydrogen-bond donors (Lipinski definition) is 1. The predicted molar refractivity (Wildman–Crippen MR) is 85.9 cm³/mol. The van der Waals surface area contributed by atoms with E-state index in [-0.39, 0.29) is 24.2 Å². The molecule has 5 nitrogen and oxygen atoms in total. The molecule has 1 N–H and O–H groups in total. The van der Waals surface area contributed by atoms with Gasteiger partial charge in [-0.2, -0.15) is 0 Å². The summed E-state index contributed by atoms with van der Waals surface area (Å²) in [6.45, 7) is 5.70. The van der Waals surface area contributed by atoms with Crippen molar-refractivity contribution in [3.05, 3.63) is 29.3 Å². The van der Waals surface area contributed by atoms with E-state index in [0.29, 0.717) is 19.7 Å². The number of nitrogens with one attached hydrogen (secondary N) is 1. The largest absolute Gasteiger partial charge is 0.385 e. The zero-order valence-electron chi connectivity index (χ0n) is 13.5. The zero-order valence-corrected chi connectivity index (χ0v) is 13.5. The van der Waals surface area contributed by atoms with E-state index in [1.165, 1.54) is 0 Å². The molecule has 1 fully saturated rings. The topological polar surface area (TPSA) is 58.6 Å². The van der Waals surface area contributed by atoms with Gasteiger partial charge in [0.25, 0.3) is 0 Å². The first kappa shape index (κ1) is 16.5. The van der Waals surface area contributed by atoms with E-state index in [4.69, 9.17) is 4.74 Å². The second-order valence-electron chi connectivity index (χ2n) is 5.76. The van der Waals surface area contributed by atoms with Crippen molar-refractivity contribution < 1.29 is 14.3 Å². The fourth-order valence-corrected chi connectivity index (χ4v) is 2.72. The molecule has 0 spiro atoms. The maximum absolute atomic E-state index is 12.3. The molecule has 1 heterocycles. The molecule has 0 aliphatic carbocycles. The van der Waals surface area contributed by atoms with Crippen molar-refractivity contribution in [2.24, 2.45) is 5.92 Å². The molecule has 1 saturated heterocycles. The lowest BCUT2D eigenvalue weighted by Crippen LogP contribution is -2.34. The second kappa shape index (κ2) is 7.40. The van der Waals surface area contributed by atoms with Gasteiger partial charge in [-0.25, -0.2) is 0 Å². The lowest BCUT2D eigenvalue weighted by atomic mass is 10.1. The fraction of sp³-hybridized carbons (Fsp3) is 0.529. The van der Waals surface area contributed by atoms with Gasteiger partial charge in [0.15, 0.2) is 0 Å². The molecule has 1 atom stereocenters. The molecular formula is C17H24N2O3. The molecule has 5 heteroatoms. The van der Waals surface area contributed by atoms with Crippen LogP contribution in [0.25, 0.3) is 0 Å². The van der Waals surface area contributed by atoms with Crippen molar-refractivity contribution in [2.75, 3.05) is 31.7 Å². The summed E-state index contributed by atoms with van der Waals surface area (Å²) in [5.74, 6) is -0.294. The molecule has 0 aromatic heterocycles. The molecule has 2 rings (SSSR count). The van der Waals surface area contributed by atoms with Gasteiger partial charge in [0.05, 0.1) is 5.92 Å². The summed E-state index contributed by atoms with van der Waals surface area (Å²) in [5, 5.41) is 2.88. The normalized spacial score (nSPS) is 17.9. The molecule has 0 saturated carbocycles. The van der Waals surface area contributed by atoms with E-state index in [2.05, 4.69) is 5.32 Å². The highest BCUT2D eigenvalue weighted by molar-refractivity contribution is 6.00. The van der Waals surface area contributed by atoms with E-state index in [1.807, 2.05) is 32.0 Å². The van der Waals surface area contributed by atoms with Crippen LogP contribution in [0.1, 0.15) is 24.0 Å². The third-order valence-corrected chi connectivity index (χ3v) is 4.19. The number of rotatable bonds is 6. The first-order valence-corrected chi connectivity index (χ1v) is 7.67. The van der Waals surface area contributed by atoms with Crippen LogP contribution in [-0.2, 0) is 14.3 Å². The maximum atomic E-state index is 12.3. The number of amides is 2. The third-order valence-electron chi connectivity index (χ3n) is 4.19. The van der Waals surface area contributed by atoms with Gasteiger partial charge in [0.1, 0.15) is 0 Å². The molecule has 1 aromatic rings. The van der Waals surface area contributed by atoms with Crippen LogP contribution >= 0.6 is 0 Å². The van der Waals surface area contributed by atoms with Crippen molar-refractivity contribution in [1.29, 1.82) is 0 Å². The number of anilines is 1. The highest BCUT2D eigenvalue weighted by atomic mass is 16.5. The van der Waals surface area contributed by atoms with Crippen molar-refractivity contribution in [3.8, 4) is 0 Å². The zero-order chi connectivity index (χ0) is 16.1. The Balaban J connectivity index is 1.98. The van der Waals surface area contributed by atoms with Crippen LogP contribution in [0.4, 0.5) is 5.69 Å². The van der Waals surface area contributed by atoms with Crippen molar-refractivity contribution >= 4 is 17.5 Å². The van der Waals surface area contributed by atoms with Gasteiger partial charge in [-0.1, -0.05) is 12.1 Å². The summed E-state index contributed by atoms with van der Waals surface area (Å²) in [5.41, 5.74) is 3.16. The van der Waals surface area contributed by atoms with Gasteiger partial charge in [0.2, 0.25) is 11.8 Å². The Hall–Kier alpha value is -1.88. The molecule has 1 aliphatic rings. The first-order valence-electron chi connectivity index (χ1n) is 7.67. The van der Waals surface area contributed by atoms with E-state index >= 15 is 0 Å². The summed E-state index contributed by atoms with van der Waals surface area (Å²) in [6.07, 6.45) is 1.06. The van der Waals surface area contributed by atoms with Gasteiger partial charge < -0.3 is 15.0 Å². The quantitative estimate of drug-likeness (QED) is 0.815. The summed E-state index contributed by atoms with van der Waals surface area (Å²) in [6, 6.07) is 5.92. The average molecular weight is 304 g/mol. The van der Waals surface area contributed by atoms with Gasteiger partial charge in [0, 0.05) is 38.9 Å². The number of carbonyl (C=O) groups is 2. The number of nitrogens with zero attached hydrogens (tertiary/aromatic N) is 1. The number of methoxy groups -OCH3 is 1. The Morgan fingerprint density at radius 1 is 1.41 bits per heavy atom. The van der Waals surface area contributed by atoms with Crippen molar-refractivity contribution in [1.82, 2.24) is 5.32 Å². The van der Waals surface area contributed by atoms with E-state index in [0.717, 1.165) is 23.2 Å². The number of aryl methyl sites for hydroxylation is 1. The summed E-state index contributed by atoms with van der Waals surface area (Å²) in [7, 11) is 1.64. The van der Waals surface area contributed by atoms with Crippen LogP contribution in [0.2, 0.25) is 0 Å². The smallest absolute Gasteiger partial charge is 0.227 e. The van der Waals surface area contributed by atoms with Crippen LogP contribution in [0, 0.1) is 19.8 Å². The Morgan fingerprint density at radius 3 is 2.91 bits per heavy atom. The van der Waals surface area contributed by atoms with Crippen LogP contribution in [-0.4, -0.2) is 38.6 Å². The lowest BCUT2D eigenvalue weighted by molar-refractivity contribution is -0.126. The highest BCUT2D eigenvalue weighted by Gasteiger charge is 2.35. The van der Waals surface area contributed by atoms with E-state index < -0.39 is 0 Å². The first-order chi connectivity index (χ1) is 10.5. The second-order valence-corrected chi connectivity index (χ2v) is 5.76. The number of ether oxygens (including phenoxy) is 1. The third kappa shape index (κ3) is 3.65. The SMILES string of the molecule is COCCCNC(=O)[C@H]1CC(=O)N(c2cccc(C)c2C)C1. The van der Waals surface area contributed by atoms with Crippen LogP contribution < -0.4 is 10.2 Å². The van der Waals surface area contributed by atoms with Crippen molar-refractivity contribution in [3.63, 3.8) is 0 Å². The Kier molecular flexibility index (Phi) is 5.55. The molecule has 2 amide bonds. The molecular weight excluding hydrogens is 280 g/mol. The molecule has 1 aromatic carbocycles. The molecule has 120 valence electrons. The van der Waals surface area contributed by atoms with Gasteiger partial charge in [-0.3, -0.25) is 9.59 Å². The minimum absolute atomic E-state index is 0.0192.